The van der Waals surface area contributed by atoms with E-state index < -0.39 is 10.4 Å². The lowest BCUT2D eigenvalue weighted by Gasteiger charge is -2.06. The molecule has 0 bridgehead atoms. The third-order valence-electron chi connectivity index (χ3n) is 6.96. The van der Waals surface area contributed by atoms with Gasteiger partial charge in [-0.15, -0.1) is 0 Å². The molecule has 0 heterocycles. The fraction of sp³-hybridized carbons (Fsp3) is 1.00. The summed E-state index contributed by atoms with van der Waals surface area (Å²) in [6.07, 6.45) is 31.9. The van der Waals surface area contributed by atoms with Gasteiger partial charge in [0.2, 0.25) is 0 Å². The highest BCUT2D eigenvalue weighted by Crippen LogP contribution is 2.12. The van der Waals surface area contributed by atoms with Gasteiger partial charge in [0.05, 0.1) is 13.2 Å². The van der Waals surface area contributed by atoms with Crippen molar-refractivity contribution < 1.29 is 21.9 Å². The zero-order chi connectivity index (χ0) is 28.4. The molecule has 0 aliphatic carbocycles. The van der Waals surface area contributed by atoms with E-state index in [0.717, 1.165) is 44.9 Å². The summed E-state index contributed by atoms with van der Waals surface area (Å²) in [5.41, 5.74) is 0. The van der Waals surface area contributed by atoms with E-state index in [0.29, 0.717) is 6.61 Å². The van der Waals surface area contributed by atoms with Gasteiger partial charge in [-0.2, -0.15) is 8.42 Å². The summed E-state index contributed by atoms with van der Waals surface area (Å²) < 4.78 is 33.3. The number of aliphatic hydroxyl groups excluding tert-OH is 1. The van der Waals surface area contributed by atoms with E-state index in [4.69, 9.17) is 13.5 Å². The number of rotatable bonds is 30. The molecule has 0 aromatic rings. The molecular formula is C32H68O5S. The minimum Gasteiger partial charge on any atom is -0.396 e. The van der Waals surface area contributed by atoms with Crippen LogP contribution in [0.25, 0.3) is 0 Å². The van der Waals surface area contributed by atoms with E-state index >= 15 is 0 Å². The minimum absolute atomic E-state index is 0.247. The summed E-state index contributed by atoms with van der Waals surface area (Å²) >= 11 is 0. The monoisotopic (exact) mass is 564 g/mol. The van der Waals surface area contributed by atoms with Crippen LogP contribution in [0.15, 0.2) is 0 Å². The Bertz CT molecular complexity index is 472. The zero-order valence-electron chi connectivity index (χ0n) is 26.0. The van der Waals surface area contributed by atoms with Crippen LogP contribution in [0.2, 0.25) is 0 Å². The largest absolute Gasteiger partial charge is 0.399 e. The van der Waals surface area contributed by atoms with E-state index in [1.165, 1.54) is 122 Å². The van der Waals surface area contributed by atoms with E-state index in [9.17, 15) is 8.42 Å². The molecule has 0 radical (unpaired) electrons. The van der Waals surface area contributed by atoms with Crippen molar-refractivity contribution in [2.24, 2.45) is 0 Å². The molecule has 6 heteroatoms. The summed E-state index contributed by atoms with van der Waals surface area (Å²) in [5.74, 6) is 0. The van der Waals surface area contributed by atoms with Gasteiger partial charge in [0.15, 0.2) is 0 Å². The molecule has 38 heavy (non-hydrogen) atoms. The zero-order valence-corrected chi connectivity index (χ0v) is 26.8. The van der Waals surface area contributed by atoms with Gasteiger partial charge in [-0.05, 0) is 19.3 Å². The lowest BCUT2D eigenvalue weighted by molar-refractivity contribution is 0.208. The molecule has 232 valence electrons. The van der Waals surface area contributed by atoms with Crippen LogP contribution in [-0.2, 0) is 18.8 Å². The molecular weight excluding hydrogens is 496 g/mol. The second-order valence-corrected chi connectivity index (χ2v) is 12.2. The Morgan fingerprint density at radius 3 is 0.895 bits per heavy atom. The van der Waals surface area contributed by atoms with Crippen molar-refractivity contribution in [1.82, 2.24) is 0 Å². The molecule has 0 saturated carbocycles. The highest BCUT2D eigenvalue weighted by molar-refractivity contribution is 7.81. The molecule has 0 unspecified atom stereocenters. The molecule has 5 nitrogen and oxygen atoms in total. The van der Waals surface area contributed by atoms with Crippen LogP contribution in [-0.4, -0.2) is 33.3 Å². The molecule has 0 aromatic carbocycles. The van der Waals surface area contributed by atoms with Gasteiger partial charge in [0.25, 0.3) is 0 Å². The van der Waals surface area contributed by atoms with Crippen molar-refractivity contribution in [3.8, 4) is 0 Å². The van der Waals surface area contributed by atoms with Crippen molar-refractivity contribution in [3.05, 3.63) is 0 Å². The Labute approximate surface area is 239 Å². The second kappa shape index (κ2) is 34.9. The highest BCUT2D eigenvalue weighted by Gasteiger charge is 2.11. The highest BCUT2D eigenvalue weighted by atomic mass is 32.3. The predicted molar refractivity (Wildman–Crippen MR) is 165 cm³/mol. The molecule has 0 atom stereocenters. The molecule has 0 amide bonds. The Balaban J connectivity index is 0. The lowest BCUT2D eigenvalue weighted by Crippen LogP contribution is -2.12. The van der Waals surface area contributed by atoms with Crippen LogP contribution in [0.5, 0.6) is 0 Å². The molecule has 0 rings (SSSR count). The van der Waals surface area contributed by atoms with Gasteiger partial charge in [-0.1, -0.05) is 168 Å². The van der Waals surface area contributed by atoms with Crippen molar-refractivity contribution >= 4 is 10.4 Å². The van der Waals surface area contributed by atoms with Gasteiger partial charge in [0.1, 0.15) is 0 Å². The Kier molecular flexibility index (Phi) is 36.7. The first-order valence-electron chi connectivity index (χ1n) is 16.7. The van der Waals surface area contributed by atoms with Crippen molar-refractivity contribution in [2.75, 3.05) is 19.8 Å². The maximum absolute atomic E-state index is 11.7. The first-order chi connectivity index (χ1) is 18.5. The minimum atomic E-state index is -3.80. The third-order valence-corrected chi connectivity index (χ3v) is 7.87. The number of aliphatic hydroxyl groups is 1. The van der Waals surface area contributed by atoms with Crippen LogP contribution < -0.4 is 0 Å². The van der Waals surface area contributed by atoms with Gasteiger partial charge in [-0.3, -0.25) is 0 Å². The van der Waals surface area contributed by atoms with Crippen LogP contribution in [0.1, 0.15) is 188 Å². The van der Waals surface area contributed by atoms with Crippen LogP contribution in [0.3, 0.4) is 0 Å². The summed E-state index contributed by atoms with van der Waals surface area (Å²) in [5, 5.41) is 8.42. The van der Waals surface area contributed by atoms with Crippen molar-refractivity contribution in [1.29, 1.82) is 0 Å². The molecule has 0 aliphatic rings. The normalized spacial score (nSPS) is 11.5. The first kappa shape index (κ1) is 40.0. The number of hydrogen-bond acceptors (Lipinski definition) is 5. The quantitative estimate of drug-likeness (QED) is 0.0878. The summed E-state index contributed by atoms with van der Waals surface area (Å²) in [6, 6.07) is 0. The van der Waals surface area contributed by atoms with Gasteiger partial charge >= 0.3 is 10.4 Å². The van der Waals surface area contributed by atoms with Crippen LogP contribution in [0, 0.1) is 0 Å². The Morgan fingerprint density at radius 1 is 0.395 bits per heavy atom. The standard InChI is InChI=1S/C24H50O4S.C8H18O/c1-3-5-7-9-11-13-15-17-19-21-23-27-29(25,26)28-24-22-20-18-16-14-12-10-8-6-4-2;1-2-3-4-5-6-7-8-9/h3-24H2,1-2H3;9H,2-8H2,1H3. The number of unbranched alkanes of at least 4 members (excludes halogenated alkanes) is 23. The third kappa shape index (κ3) is 38.0. The molecule has 0 aromatic heterocycles. The van der Waals surface area contributed by atoms with Crippen LogP contribution in [0.4, 0.5) is 0 Å². The molecule has 0 saturated heterocycles. The van der Waals surface area contributed by atoms with E-state index in [1.54, 1.807) is 0 Å². The van der Waals surface area contributed by atoms with Crippen molar-refractivity contribution in [2.45, 2.75) is 188 Å². The van der Waals surface area contributed by atoms with Gasteiger partial charge in [-0.25, -0.2) is 8.37 Å². The van der Waals surface area contributed by atoms with Crippen molar-refractivity contribution in [3.63, 3.8) is 0 Å². The molecule has 0 fully saturated rings. The second-order valence-electron chi connectivity index (χ2n) is 10.9. The fourth-order valence-corrected chi connectivity index (χ4v) is 5.14. The summed E-state index contributed by atoms with van der Waals surface area (Å²) in [4.78, 5) is 0. The first-order valence-corrected chi connectivity index (χ1v) is 18.0. The van der Waals surface area contributed by atoms with E-state index in [1.807, 2.05) is 0 Å². The summed E-state index contributed by atoms with van der Waals surface area (Å²) in [7, 11) is -3.80. The smallest absolute Gasteiger partial charge is 0.396 e. The Morgan fingerprint density at radius 2 is 0.632 bits per heavy atom. The maximum Gasteiger partial charge on any atom is 0.399 e. The SMILES string of the molecule is CCCCCCCCCCCCOS(=O)(=O)OCCCCCCCCCCCC.CCCCCCCCO. The number of hydrogen-bond donors (Lipinski definition) is 1. The molecule has 0 aliphatic heterocycles. The topological polar surface area (TPSA) is 72.8 Å². The van der Waals surface area contributed by atoms with E-state index in [2.05, 4.69) is 20.8 Å². The molecule has 0 spiro atoms. The van der Waals surface area contributed by atoms with Crippen LogP contribution >= 0.6 is 0 Å². The van der Waals surface area contributed by atoms with E-state index in [-0.39, 0.29) is 13.2 Å². The lowest BCUT2D eigenvalue weighted by atomic mass is 10.1. The van der Waals surface area contributed by atoms with Gasteiger partial charge in [0, 0.05) is 6.61 Å². The summed E-state index contributed by atoms with van der Waals surface area (Å²) in [6.45, 7) is 7.56. The predicted octanol–water partition coefficient (Wildman–Crippen LogP) is 10.4. The van der Waals surface area contributed by atoms with Gasteiger partial charge < -0.3 is 5.11 Å². The average molecular weight is 565 g/mol. The Hall–Kier alpha value is -0.170. The maximum atomic E-state index is 11.7. The molecule has 1 N–H and O–H groups in total. The fourth-order valence-electron chi connectivity index (χ4n) is 4.43. The average Bonchev–Trinajstić information content (AvgIpc) is 2.90.